The highest BCUT2D eigenvalue weighted by Crippen LogP contribution is 2.23. The van der Waals surface area contributed by atoms with Crippen LogP contribution in [0.5, 0.6) is 0 Å². The lowest BCUT2D eigenvalue weighted by Gasteiger charge is -2.34. The van der Waals surface area contributed by atoms with Crippen LogP contribution in [0.4, 0.5) is 8.78 Å². The third-order valence-electron chi connectivity index (χ3n) is 4.82. The quantitative estimate of drug-likeness (QED) is 0.639. The van der Waals surface area contributed by atoms with Crippen molar-refractivity contribution in [3.63, 3.8) is 0 Å². The number of carbonyl (C=O) groups is 1. The van der Waals surface area contributed by atoms with E-state index in [2.05, 4.69) is 10.1 Å². The van der Waals surface area contributed by atoms with Gasteiger partial charge in [0.05, 0.1) is 5.69 Å². The molecule has 1 aliphatic rings. The second kappa shape index (κ2) is 7.16. The fourth-order valence-electron chi connectivity index (χ4n) is 3.36. The number of rotatable bonds is 3. The van der Waals surface area contributed by atoms with E-state index >= 15 is 0 Å². The predicted molar refractivity (Wildman–Crippen MR) is 98.7 cm³/mol. The first kappa shape index (κ1) is 19.4. The van der Waals surface area contributed by atoms with Crippen LogP contribution in [0.25, 0.3) is 5.65 Å². The summed E-state index contributed by atoms with van der Waals surface area (Å²) < 4.78 is 55.0. The van der Waals surface area contributed by atoms with Crippen molar-refractivity contribution in [2.45, 2.75) is 11.8 Å². The summed E-state index contributed by atoms with van der Waals surface area (Å²) in [5.41, 5.74) is 1.32. The molecule has 3 aromatic rings. The molecule has 0 aliphatic carbocycles. The van der Waals surface area contributed by atoms with Gasteiger partial charge in [-0.2, -0.15) is 9.40 Å². The number of sulfonamides is 1. The molecule has 1 aromatic carbocycles. The molecule has 29 heavy (non-hydrogen) atoms. The van der Waals surface area contributed by atoms with E-state index in [0.717, 1.165) is 16.4 Å². The van der Waals surface area contributed by atoms with Gasteiger partial charge >= 0.3 is 0 Å². The van der Waals surface area contributed by atoms with Crippen LogP contribution in [0.1, 0.15) is 16.1 Å². The molecular formula is C18H17F2N5O3S. The zero-order valence-electron chi connectivity index (χ0n) is 15.4. The summed E-state index contributed by atoms with van der Waals surface area (Å²) in [5.74, 6) is -2.29. The van der Waals surface area contributed by atoms with E-state index < -0.39 is 26.6 Å². The van der Waals surface area contributed by atoms with E-state index in [1.54, 1.807) is 25.4 Å². The molecule has 1 aliphatic heterocycles. The Morgan fingerprint density at radius 1 is 1.14 bits per heavy atom. The monoisotopic (exact) mass is 421 g/mol. The molecule has 0 bridgehead atoms. The van der Waals surface area contributed by atoms with E-state index in [1.807, 2.05) is 0 Å². The van der Waals surface area contributed by atoms with E-state index in [-0.39, 0.29) is 32.1 Å². The highest BCUT2D eigenvalue weighted by molar-refractivity contribution is 7.89. The third-order valence-corrected chi connectivity index (χ3v) is 6.75. The molecule has 1 amide bonds. The number of carbonyl (C=O) groups excluding carboxylic acids is 1. The largest absolute Gasteiger partial charge is 0.336 e. The van der Waals surface area contributed by atoms with Crippen LogP contribution in [0, 0.1) is 18.6 Å². The summed E-state index contributed by atoms with van der Waals surface area (Å²) in [4.78, 5) is 18.1. The van der Waals surface area contributed by atoms with Gasteiger partial charge in [-0.1, -0.05) is 0 Å². The van der Waals surface area contributed by atoms with Gasteiger partial charge in [-0.15, -0.1) is 0 Å². The van der Waals surface area contributed by atoms with E-state index in [0.29, 0.717) is 23.0 Å². The van der Waals surface area contributed by atoms with Crippen molar-refractivity contribution in [2.24, 2.45) is 0 Å². The highest BCUT2D eigenvalue weighted by Gasteiger charge is 2.33. The van der Waals surface area contributed by atoms with Crippen molar-refractivity contribution in [1.82, 2.24) is 23.8 Å². The normalized spacial score (nSPS) is 15.8. The van der Waals surface area contributed by atoms with Gasteiger partial charge in [0.15, 0.2) is 5.65 Å². The minimum atomic E-state index is -4.13. The first-order chi connectivity index (χ1) is 13.8. The summed E-state index contributed by atoms with van der Waals surface area (Å²) in [6, 6.07) is 4.04. The van der Waals surface area contributed by atoms with Crippen LogP contribution in [-0.4, -0.2) is 64.3 Å². The Bertz CT molecular complexity index is 1200. The van der Waals surface area contributed by atoms with Crippen molar-refractivity contribution in [2.75, 3.05) is 26.2 Å². The third kappa shape index (κ3) is 3.36. The molecule has 152 valence electrons. The number of fused-ring (bicyclic) bond motifs is 1. The van der Waals surface area contributed by atoms with Crippen molar-refractivity contribution in [3.8, 4) is 0 Å². The van der Waals surface area contributed by atoms with Crippen molar-refractivity contribution < 1.29 is 22.0 Å². The van der Waals surface area contributed by atoms with Gasteiger partial charge in [0.25, 0.3) is 5.91 Å². The Morgan fingerprint density at radius 3 is 2.55 bits per heavy atom. The molecule has 0 atom stereocenters. The van der Waals surface area contributed by atoms with E-state index in [1.165, 1.54) is 9.42 Å². The summed E-state index contributed by atoms with van der Waals surface area (Å²) >= 11 is 0. The van der Waals surface area contributed by atoms with Gasteiger partial charge in [-0.05, 0) is 25.1 Å². The number of hydrogen-bond acceptors (Lipinski definition) is 5. The van der Waals surface area contributed by atoms with Gasteiger partial charge in [0.1, 0.15) is 22.1 Å². The smallest absolute Gasteiger partial charge is 0.259 e. The molecular weight excluding hydrogens is 404 g/mol. The second-order valence-corrected chi connectivity index (χ2v) is 8.53. The zero-order chi connectivity index (χ0) is 20.8. The molecule has 1 fully saturated rings. The molecule has 2 aromatic heterocycles. The molecule has 1 saturated heterocycles. The summed E-state index contributed by atoms with van der Waals surface area (Å²) in [6.45, 7) is 1.96. The van der Waals surface area contributed by atoms with Crippen molar-refractivity contribution in [1.29, 1.82) is 0 Å². The molecule has 0 saturated carbocycles. The van der Waals surface area contributed by atoms with E-state index in [9.17, 15) is 22.0 Å². The summed E-state index contributed by atoms with van der Waals surface area (Å²) in [7, 11) is -4.13. The molecule has 11 heteroatoms. The summed E-state index contributed by atoms with van der Waals surface area (Å²) in [6.07, 6.45) is 3.25. The average molecular weight is 421 g/mol. The van der Waals surface area contributed by atoms with Gasteiger partial charge in [0, 0.05) is 44.6 Å². The maximum Gasteiger partial charge on any atom is 0.259 e. The van der Waals surface area contributed by atoms with Gasteiger partial charge in [0.2, 0.25) is 10.0 Å². The Labute approximate surface area is 165 Å². The Hall–Kier alpha value is -2.92. The first-order valence-electron chi connectivity index (χ1n) is 8.83. The number of aryl methyl sites for hydroxylation is 1. The lowest BCUT2D eigenvalue weighted by molar-refractivity contribution is 0.0698. The van der Waals surface area contributed by atoms with Gasteiger partial charge in [-0.25, -0.2) is 26.7 Å². The lowest BCUT2D eigenvalue weighted by Crippen LogP contribution is -2.50. The lowest BCUT2D eigenvalue weighted by atomic mass is 10.2. The van der Waals surface area contributed by atoms with E-state index in [4.69, 9.17) is 0 Å². The molecule has 4 rings (SSSR count). The minimum Gasteiger partial charge on any atom is -0.336 e. The Kier molecular flexibility index (Phi) is 4.79. The number of amides is 1. The summed E-state index contributed by atoms with van der Waals surface area (Å²) in [5, 5.41) is 4.27. The molecule has 0 unspecified atom stereocenters. The van der Waals surface area contributed by atoms with Gasteiger partial charge in [-0.3, -0.25) is 4.79 Å². The Balaban J connectivity index is 1.53. The van der Waals surface area contributed by atoms with Crippen LogP contribution in [0.15, 0.2) is 41.6 Å². The number of halogens is 2. The van der Waals surface area contributed by atoms with Gasteiger partial charge < -0.3 is 4.90 Å². The predicted octanol–water partition coefficient (Wildman–Crippen LogP) is 1.46. The van der Waals surface area contributed by atoms with Crippen molar-refractivity contribution in [3.05, 3.63) is 59.6 Å². The number of nitrogens with zero attached hydrogens (tertiary/aromatic N) is 5. The SMILES string of the molecule is Cc1nn2cccnc2c1C(=O)N1CCN(S(=O)(=O)c2ccc(F)cc2F)CC1. The van der Waals surface area contributed by atoms with Crippen LogP contribution >= 0.6 is 0 Å². The Morgan fingerprint density at radius 2 is 1.86 bits per heavy atom. The van der Waals surface area contributed by atoms with Crippen LogP contribution in [0.2, 0.25) is 0 Å². The number of aromatic nitrogens is 3. The molecule has 0 spiro atoms. The molecule has 0 N–H and O–H groups in total. The van der Waals surface area contributed by atoms with Crippen LogP contribution in [-0.2, 0) is 10.0 Å². The number of hydrogen-bond donors (Lipinski definition) is 0. The number of benzene rings is 1. The second-order valence-electron chi connectivity index (χ2n) is 6.62. The zero-order valence-corrected chi connectivity index (χ0v) is 16.2. The maximum atomic E-state index is 14.0. The highest BCUT2D eigenvalue weighted by atomic mass is 32.2. The molecule has 3 heterocycles. The average Bonchev–Trinajstić information content (AvgIpc) is 3.03. The topological polar surface area (TPSA) is 87.9 Å². The molecule has 0 radical (unpaired) electrons. The number of piperazine rings is 1. The maximum absolute atomic E-state index is 14.0. The fourth-order valence-corrected chi connectivity index (χ4v) is 4.83. The van der Waals surface area contributed by atoms with Crippen LogP contribution in [0.3, 0.4) is 0 Å². The minimum absolute atomic E-state index is 0.00339. The molecule has 8 nitrogen and oxygen atoms in total. The van der Waals surface area contributed by atoms with Crippen molar-refractivity contribution >= 4 is 21.6 Å². The first-order valence-corrected chi connectivity index (χ1v) is 10.3. The standard InChI is InChI=1S/C18H17F2N5O3S/c1-12-16(17-21-5-2-6-25(17)22-12)18(26)23-7-9-24(10-8-23)29(27,28)15-4-3-13(19)11-14(15)20/h2-6,11H,7-10H2,1H3. The fraction of sp³-hybridized carbons (Fsp3) is 0.278. The van der Waals surface area contributed by atoms with Crippen LogP contribution < -0.4 is 0 Å².